The lowest BCUT2D eigenvalue weighted by Crippen LogP contribution is -2.46. The molecule has 2 aromatic rings. The Morgan fingerprint density at radius 3 is 2.00 bits per heavy atom. The summed E-state index contributed by atoms with van der Waals surface area (Å²) in [6.45, 7) is 6.17. The number of carbonyl (C=O) groups excluding carboxylic acids is 1. The molecule has 3 rings (SSSR count). The maximum atomic E-state index is 11.8. The van der Waals surface area contributed by atoms with E-state index < -0.39 is 0 Å². The summed E-state index contributed by atoms with van der Waals surface area (Å²) < 4.78 is 0. The van der Waals surface area contributed by atoms with Crippen molar-refractivity contribution in [2.75, 3.05) is 41.3 Å². The van der Waals surface area contributed by atoms with Crippen molar-refractivity contribution in [3.63, 3.8) is 0 Å². The van der Waals surface area contributed by atoms with Crippen LogP contribution in [0.1, 0.15) is 26.2 Å². The van der Waals surface area contributed by atoms with Crippen LogP contribution < -0.4 is 15.1 Å². The van der Waals surface area contributed by atoms with Crippen LogP contribution in [0.2, 0.25) is 0 Å². The first kappa shape index (κ1) is 17.3. The highest BCUT2D eigenvalue weighted by Crippen LogP contribution is 2.22. The summed E-state index contributed by atoms with van der Waals surface area (Å²) >= 11 is 0. The number of para-hydroxylation sites is 1. The molecule has 1 heterocycles. The molecule has 0 aliphatic carbocycles. The molecule has 1 aliphatic heterocycles. The van der Waals surface area contributed by atoms with Crippen LogP contribution >= 0.6 is 0 Å². The quantitative estimate of drug-likeness (QED) is 0.860. The molecule has 0 atom stereocenters. The largest absolute Gasteiger partial charge is 0.368 e. The normalized spacial score (nSPS) is 14.4. The van der Waals surface area contributed by atoms with Gasteiger partial charge in [-0.05, 0) is 42.8 Å². The summed E-state index contributed by atoms with van der Waals surface area (Å²) in [6, 6.07) is 18.8. The molecule has 25 heavy (non-hydrogen) atoms. The predicted octanol–water partition coefficient (Wildman–Crippen LogP) is 4.14. The van der Waals surface area contributed by atoms with E-state index in [1.807, 2.05) is 12.1 Å². The number of piperazine rings is 1. The SMILES string of the molecule is CCCCC(=O)Nc1ccc(N2CCN(c3ccccc3)CC2)cc1. The van der Waals surface area contributed by atoms with Crippen molar-refractivity contribution in [3.8, 4) is 0 Å². The van der Waals surface area contributed by atoms with Crippen molar-refractivity contribution in [1.29, 1.82) is 0 Å². The number of hydrogen-bond donors (Lipinski definition) is 1. The van der Waals surface area contributed by atoms with Gasteiger partial charge >= 0.3 is 0 Å². The minimum Gasteiger partial charge on any atom is -0.368 e. The van der Waals surface area contributed by atoms with Crippen molar-refractivity contribution < 1.29 is 4.79 Å². The first-order valence-corrected chi connectivity index (χ1v) is 9.21. The highest BCUT2D eigenvalue weighted by molar-refractivity contribution is 5.90. The van der Waals surface area contributed by atoms with Gasteiger partial charge in [0.1, 0.15) is 0 Å². The monoisotopic (exact) mass is 337 g/mol. The number of nitrogens with one attached hydrogen (secondary N) is 1. The highest BCUT2D eigenvalue weighted by Gasteiger charge is 2.17. The van der Waals surface area contributed by atoms with Gasteiger partial charge in [-0.3, -0.25) is 4.79 Å². The lowest BCUT2D eigenvalue weighted by atomic mass is 10.2. The second kappa shape index (κ2) is 8.56. The van der Waals surface area contributed by atoms with Gasteiger partial charge in [-0.25, -0.2) is 0 Å². The second-order valence-electron chi connectivity index (χ2n) is 6.51. The smallest absolute Gasteiger partial charge is 0.224 e. The summed E-state index contributed by atoms with van der Waals surface area (Å²) in [6.07, 6.45) is 2.58. The van der Waals surface area contributed by atoms with Crippen LogP contribution in [-0.4, -0.2) is 32.1 Å². The number of amides is 1. The van der Waals surface area contributed by atoms with Gasteiger partial charge in [0.15, 0.2) is 0 Å². The molecule has 4 nitrogen and oxygen atoms in total. The zero-order valence-electron chi connectivity index (χ0n) is 14.9. The number of nitrogens with zero attached hydrogens (tertiary/aromatic N) is 2. The molecule has 132 valence electrons. The molecule has 0 bridgehead atoms. The number of benzene rings is 2. The molecule has 0 saturated carbocycles. The van der Waals surface area contributed by atoms with E-state index in [-0.39, 0.29) is 5.91 Å². The molecule has 1 N–H and O–H groups in total. The van der Waals surface area contributed by atoms with Crippen molar-refractivity contribution >= 4 is 23.0 Å². The Balaban J connectivity index is 1.52. The van der Waals surface area contributed by atoms with Crippen molar-refractivity contribution in [1.82, 2.24) is 0 Å². The number of rotatable bonds is 6. The Labute approximate surface area is 150 Å². The van der Waals surface area contributed by atoms with Crippen LogP contribution in [0.5, 0.6) is 0 Å². The summed E-state index contributed by atoms with van der Waals surface area (Å²) in [5.74, 6) is 0.103. The summed E-state index contributed by atoms with van der Waals surface area (Å²) in [5, 5.41) is 2.97. The first-order valence-electron chi connectivity index (χ1n) is 9.21. The molecule has 1 aliphatic rings. The molecular weight excluding hydrogens is 310 g/mol. The number of carbonyl (C=O) groups is 1. The van der Waals surface area contributed by atoms with Gasteiger partial charge in [-0.15, -0.1) is 0 Å². The fraction of sp³-hybridized carbons (Fsp3) is 0.381. The number of unbranched alkanes of at least 4 members (excludes halogenated alkanes) is 1. The van der Waals surface area contributed by atoms with Crippen molar-refractivity contribution in [3.05, 3.63) is 54.6 Å². The van der Waals surface area contributed by atoms with Gasteiger partial charge < -0.3 is 15.1 Å². The molecule has 1 amide bonds. The van der Waals surface area contributed by atoms with Gasteiger partial charge in [-0.1, -0.05) is 31.5 Å². The standard InChI is InChI=1S/C21H27N3O/c1-2-3-9-21(25)22-18-10-12-20(13-11-18)24-16-14-23(15-17-24)19-7-5-4-6-8-19/h4-8,10-13H,2-3,9,14-17H2,1H3,(H,22,25). The molecule has 4 heteroatoms. The van der Waals surface area contributed by atoms with E-state index in [0.717, 1.165) is 44.7 Å². The molecular formula is C21H27N3O. The van der Waals surface area contributed by atoms with Crippen molar-refractivity contribution in [2.45, 2.75) is 26.2 Å². The Hall–Kier alpha value is -2.49. The highest BCUT2D eigenvalue weighted by atomic mass is 16.1. The maximum Gasteiger partial charge on any atom is 0.224 e. The number of hydrogen-bond acceptors (Lipinski definition) is 3. The van der Waals surface area contributed by atoms with E-state index in [2.05, 4.69) is 64.5 Å². The van der Waals surface area contributed by atoms with Gasteiger partial charge in [-0.2, -0.15) is 0 Å². The Kier molecular flexibility index (Phi) is 5.94. The van der Waals surface area contributed by atoms with Crippen LogP contribution in [0.4, 0.5) is 17.1 Å². The lowest BCUT2D eigenvalue weighted by Gasteiger charge is -2.37. The summed E-state index contributed by atoms with van der Waals surface area (Å²) in [5.41, 5.74) is 3.40. The average molecular weight is 337 g/mol. The minimum atomic E-state index is 0.103. The van der Waals surface area contributed by atoms with Crippen LogP contribution in [0.15, 0.2) is 54.6 Å². The van der Waals surface area contributed by atoms with Crippen LogP contribution in [0.3, 0.4) is 0 Å². The van der Waals surface area contributed by atoms with E-state index >= 15 is 0 Å². The average Bonchev–Trinajstić information content (AvgIpc) is 2.68. The summed E-state index contributed by atoms with van der Waals surface area (Å²) in [4.78, 5) is 16.6. The zero-order valence-corrected chi connectivity index (χ0v) is 14.9. The van der Waals surface area contributed by atoms with E-state index in [1.165, 1.54) is 11.4 Å². The fourth-order valence-electron chi connectivity index (χ4n) is 3.18. The van der Waals surface area contributed by atoms with E-state index in [9.17, 15) is 4.79 Å². The Morgan fingerprint density at radius 2 is 1.44 bits per heavy atom. The van der Waals surface area contributed by atoms with Gasteiger partial charge in [0.25, 0.3) is 0 Å². The Bertz CT molecular complexity index is 661. The van der Waals surface area contributed by atoms with E-state index in [4.69, 9.17) is 0 Å². The third kappa shape index (κ3) is 4.75. The van der Waals surface area contributed by atoms with Crippen LogP contribution in [0.25, 0.3) is 0 Å². The van der Waals surface area contributed by atoms with Crippen molar-refractivity contribution in [2.24, 2.45) is 0 Å². The van der Waals surface area contributed by atoms with E-state index in [0.29, 0.717) is 6.42 Å². The zero-order chi connectivity index (χ0) is 17.5. The minimum absolute atomic E-state index is 0.103. The molecule has 0 radical (unpaired) electrons. The predicted molar refractivity (Wildman–Crippen MR) is 105 cm³/mol. The summed E-state index contributed by atoms with van der Waals surface area (Å²) in [7, 11) is 0. The molecule has 1 fully saturated rings. The molecule has 2 aromatic carbocycles. The fourth-order valence-corrected chi connectivity index (χ4v) is 3.18. The van der Waals surface area contributed by atoms with Crippen LogP contribution in [0, 0.1) is 0 Å². The molecule has 1 saturated heterocycles. The van der Waals surface area contributed by atoms with Gasteiger partial charge in [0, 0.05) is 49.7 Å². The molecule has 0 aromatic heterocycles. The molecule has 0 unspecified atom stereocenters. The topological polar surface area (TPSA) is 35.6 Å². The van der Waals surface area contributed by atoms with E-state index in [1.54, 1.807) is 0 Å². The first-order chi connectivity index (χ1) is 12.3. The maximum absolute atomic E-state index is 11.8. The van der Waals surface area contributed by atoms with Gasteiger partial charge in [0.05, 0.1) is 0 Å². The van der Waals surface area contributed by atoms with Gasteiger partial charge in [0.2, 0.25) is 5.91 Å². The third-order valence-corrected chi connectivity index (χ3v) is 4.67. The molecule has 0 spiro atoms. The number of anilines is 3. The third-order valence-electron chi connectivity index (χ3n) is 4.67. The Morgan fingerprint density at radius 1 is 0.880 bits per heavy atom. The lowest BCUT2D eigenvalue weighted by molar-refractivity contribution is -0.116. The second-order valence-corrected chi connectivity index (χ2v) is 6.51. The van der Waals surface area contributed by atoms with Crippen LogP contribution in [-0.2, 0) is 4.79 Å².